The molecule has 0 aliphatic rings. The second-order valence-electron chi connectivity index (χ2n) is 6.37. The third-order valence-corrected chi connectivity index (χ3v) is 4.85. The first-order chi connectivity index (χ1) is 13.7. The molecule has 4 nitrogen and oxygen atoms in total. The lowest BCUT2D eigenvalue weighted by Crippen LogP contribution is -2.38. The van der Waals surface area contributed by atoms with Gasteiger partial charge < -0.3 is 5.11 Å². The van der Waals surface area contributed by atoms with Crippen molar-refractivity contribution in [1.82, 2.24) is 9.55 Å². The number of halogens is 1. The standard InChI is InChI=1S/C23H17FN2O2/c24-21-20(22(27)28)25-16-26(21)23(17-10-4-1-5-11-17,18-12-6-2-7-13-18)19-14-8-3-9-15-19/h1-16H,(H,27,28). The Morgan fingerprint density at radius 2 is 1.18 bits per heavy atom. The van der Waals surface area contributed by atoms with E-state index in [-0.39, 0.29) is 0 Å². The average molecular weight is 372 g/mol. The summed E-state index contributed by atoms with van der Waals surface area (Å²) in [6.07, 6.45) is 1.26. The van der Waals surface area contributed by atoms with Crippen molar-refractivity contribution in [1.29, 1.82) is 0 Å². The topological polar surface area (TPSA) is 55.1 Å². The average Bonchev–Trinajstić information content (AvgIpc) is 3.13. The number of imidazole rings is 1. The number of aromatic nitrogens is 2. The van der Waals surface area contributed by atoms with Gasteiger partial charge in [-0.3, -0.25) is 4.57 Å². The van der Waals surface area contributed by atoms with E-state index in [2.05, 4.69) is 4.98 Å². The van der Waals surface area contributed by atoms with Crippen LogP contribution in [0.2, 0.25) is 0 Å². The van der Waals surface area contributed by atoms with Gasteiger partial charge in [0.1, 0.15) is 5.54 Å². The first kappa shape index (κ1) is 17.7. The fourth-order valence-corrected chi connectivity index (χ4v) is 3.67. The van der Waals surface area contributed by atoms with Gasteiger partial charge in [0.15, 0.2) is 0 Å². The van der Waals surface area contributed by atoms with Gasteiger partial charge in [0, 0.05) is 0 Å². The predicted octanol–water partition coefficient (Wildman–Crippen LogP) is 4.56. The van der Waals surface area contributed by atoms with E-state index in [4.69, 9.17) is 0 Å². The van der Waals surface area contributed by atoms with Crippen molar-refractivity contribution in [2.24, 2.45) is 0 Å². The number of carboxylic acid groups (broad SMARTS) is 1. The first-order valence-electron chi connectivity index (χ1n) is 8.79. The van der Waals surface area contributed by atoms with Gasteiger partial charge in [-0.2, -0.15) is 4.39 Å². The fourth-order valence-electron chi connectivity index (χ4n) is 3.67. The van der Waals surface area contributed by atoms with Crippen LogP contribution in [0.1, 0.15) is 27.2 Å². The number of carbonyl (C=O) groups is 1. The normalized spacial score (nSPS) is 11.3. The number of nitrogens with zero attached hydrogens (tertiary/aromatic N) is 2. The van der Waals surface area contributed by atoms with Crippen LogP contribution in [0.3, 0.4) is 0 Å². The maximum Gasteiger partial charge on any atom is 0.359 e. The van der Waals surface area contributed by atoms with E-state index in [0.717, 1.165) is 16.7 Å². The second kappa shape index (κ2) is 7.12. The number of aromatic carboxylic acids is 1. The SMILES string of the molecule is O=C(O)c1ncn(C(c2ccccc2)(c2ccccc2)c2ccccc2)c1F. The molecule has 0 saturated carbocycles. The van der Waals surface area contributed by atoms with Crippen LogP contribution in [-0.4, -0.2) is 20.6 Å². The third-order valence-electron chi connectivity index (χ3n) is 4.85. The van der Waals surface area contributed by atoms with Crippen LogP contribution in [0.5, 0.6) is 0 Å². The molecule has 0 aliphatic carbocycles. The monoisotopic (exact) mass is 372 g/mol. The summed E-state index contributed by atoms with van der Waals surface area (Å²) in [5.41, 5.74) is 0.656. The minimum Gasteiger partial charge on any atom is -0.476 e. The molecule has 0 fully saturated rings. The van der Waals surface area contributed by atoms with Crippen molar-refractivity contribution in [3.05, 3.63) is 126 Å². The molecule has 3 aromatic carbocycles. The number of benzene rings is 3. The predicted molar refractivity (Wildman–Crippen MR) is 104 cm³/mol. The molecule has 0 radical (unpaired) electrons. The molecule has 1 aromatic heterocycles. The number of carboxylic acids is 1. The van der Waals surface area contributed by atoms with Crippen LogP contribution < -0.4 is 0 Å². The second-order valence-corrected chi connectivity index (χ2v) is 6.37. The molecule has 0 bridgehead atoms. The van der Waals surface area contributed by atoms with E-state index in [1.165, 1.54) is 10.9 Å². The Balaban J connectivity index is 2.15. The molecule has 0 saturated heterocycles. The molecule has 0 amide bonds. The highest BCUT2D eigenvalue weighted by Gasteiger charge is 2.41. The highest BCUT2D eigenvalue weighted by Crippen LogP contribution is 2.41. The lowest BCUT2D eigenvalue weighted by Gasteiger charge is -2.37. The zero-order valence-corrected chi connectivity index (χ0v) is 14.9. The Bertz CT molecular complexity index is 997. The Labute approximate surface area is 161 Å². The number of hydrogen-bond donors (Lipinski definition) is 1. The van der Waals surface area contributed by atoms with Gasteiger partial charge >= 0.3 is 5.97 Å². The lowest BCUT2D eigenvalue weighted by molar-refractivity contribution is 0.0684. The molecular weight excluding hydrogens is 355 g/mol. The highest BCUT2D eigenvalue weighted by atomic mass is 19.1. The quantitative estimate of drug-likeness (QED) is 0.523. The molecule has 138 valence electrons. The minimum absolute atomic E-state index is 0.604. The van der Waals surface area contributed by atoms with Crippen molar-refractivity contribution < 1.29 is 14.3 Å². The number of hydrogen-bond acceptors (Lipinski definition) is 2. The van der Waals surface area contributed by atoms with Crippen molar-refractivity contribution in [2.45, 2.75) is 5.54 Å². The summed E-state index contributed by atoms with van der Waals surface area (Å²) in [6, 6.07) is 28.3. The summed E-state index contributed by atoms with van der Waals surface area (Å²) in [7, 11) is 0. The highest BCUT2D eigenvalue weighted by molar-refractivity contribution is 5.85. The zero-order valence-electron chi connectivity index (χ0n) is 14.9. The van der Waals surface area contributed by atoms with Gasteiger partial charge in [0.05, 0.1) is 6.33 Å². The lowest BCUT2D eigenvalue weighted by atomic mass is 9.76. The Hall–Kier alpha value is -3.73. The first-order valence-corrected chi connectivity index (χ1v) is 8.79. The molecule has 0 aliphatic heterocycles. The molecule has 1 N–H and O–H groups in total. The maximum absolute atomic E-state index is 15.4. The van der Waals surface area contributed by atoms with Crippen LogP contribution in [0.4, 0.5) is 4.39 Å². The van der Waals surface area contributed by atoms with Gasteiger partial charge in [-0.25, -0.2) is 9.78 Å². The molecule has 0 unspecified atom stereocenters. The van der Waals surface area contributed by atoms with E-state index >= 15 is 4.39 Å². The summed E-state index contributed by atoms with van der Waals surface area (Å²) in [4.78, 5) is 15.3. The molecule has 0 atom stereocenters. The van der Waals surface area contributed by atoms with Crippen LogP contribution in [0, 0.1) is 5.95 Å². The Morgan fingerprint density at radius 3 is 1.50 bits per heavy atom. The van der Waals surface area contributed by atoms with Crippen LogP contribution in [-0.2, 0) is 5.54 Å². The summed E-state index contributed by atoms with van der Waals surface area (Å²) in [5, 5.41) is 9.34. The largest absolute Gasteiger partial charge is 0.476 e. The van der Waals surface area contributed by atoms with E-state index in [1.54, 1.807) is 0 Å². The molecular formula is C23H17FN2O2. The summed E-state index contributed by atoms with van der Waals surface area (Å²) in [5.74, 6) is -2.30. The van der Waals surface area contributed by atoms with Gasteiger partial charge in [-0.15, -0.1) is 0 Å². The van der Waals surface area contributed by atoms with Gasteiger partial charge in [-0.05, 0) is 16.7 Å². The molecule has 0 spiro atoms. The molecule has 4 rings (SSSR count). The molecule has 28 heavy (non-hydrogen) atoms. The van der Waals surface area contributed by atoms with Gasteiger partial charge in [-0.1, -0.05) is 91.0 Å². The van der Waals surface area contributed by atoms with E-state index in [1.807, 2.05) is 91.0 Å². The van der Waals surface area contributed by atoms with Crippen molar-refractivity contribution in [3.8, 4) is 0 Å². The third kappa shape index (κ3) is 2.68. The van der Waals surface area contributed by atoms with E-state index < -0.39 is 23.1 Å². The molecule has 4 aromatic rings. The van der Waals surface area contributed by atoms with Crippen LogP contribution >= 0.6 is 0 Å². The van der Waals surface area contributed by atoms with Crippen molar-refractivity contribution in [2.75, 3.05) is 0 Å². The summed E-state index contributed by atoms with van der Waals surface area (Å²) in [6.45, 7) is 0. The van der Waals surface area contributed by atoms with E-state index in [9.17, 15) is 9.90 Å². The maximum atomic E-state index is 15.4. The fraction of sp³-hybridized carbons (Fsp3) is 0.0435. The Kier molecular flexibility index (Phi) is 4.49. The van der Waals surface area contributed by atoms with Gasteiger partial charge in [0.25, 0.3) is 0 Å². The van der Waals surface area contributed by atoms with E-state index in [0.29, 0.717) is 0 Å². The number of rotatable bonds is 5. The molecule has 5 heteroatoms. The van der Waals surface area contributed by atoms with Crippen molar-refractivity contribution >= 4 is 5.97 Å². The zero-order chi connectivity index (χ0) is 19.6. The van der Waals surface area contributed by atoms with Crippen LogP contribution in [0.25, 0.3) is 0 Å². The summed E-state index contributed by atoms with van der Waals surface area (Å²) >= 11 is 0. The van der Waals surface area contributed by atoms with Crippen LogP contribution in [0.15, 0.2) is 97.3 Å². The van der Waals surface area contributed by atoms with Gasteiger partial charge in [0.2, 0.25) is 11.6 Å². The smallest absolute Gasteiger partial charge is 0.359 e. The minimum atomic E-state index is -1.40. The Morgan fingerprint density at radius 1 is 0.786 bits per heavy atom. The summed E-state index contributed by atoms with van der Waals surface area (Å²) < 4.78 is 16.7. The van der Waals surface area contributed by atoms with Crippen molar-refractivity contribution in [3.63, 3.8) is 0 Å². The molecule has 1 heterocycles.